The number of hydrogen-bond acceptors (Lipinski definition) is 12. The van der Waals surface area contributed by atoms with Gasteiger partial charge < -0.3 is 30.7 Å². The van der Waals surface area contributed by atoms with E-state index >= 15 is 0 Å². The Morgan fingerprint density at radius 2 is 1.37 bits per heavy atom. The van der Waals surface area contributed by atoms with Crippen LogP contribution in [0.1, 0.15) is 63.6 Å². The predicted molar refractivity (Wildman–Crippen MR) is 255 cm³/mol. The molecule has 5 aromatic rings. The van der Waals surface area contributed by atoms with Crippen molar-refractivity contribution < 1.29 is 14.4 Å². The Kier molecular flexibility index (Phi) is 16.8. The highest BCUT2D eigenvalue weighted by Crippen LogP contribution is 2.35. The predicted octanol–water partition coefficient (Wildman–Crippen LogP) is 5.91. The van der Waals surface area contributed by atoms with Crippen LogP contribution in [0.25, 0.3) is 11.0 Å². The van der Waals surface area contributed by atoms with Crippen molar-refractivity contribution in [1.29, 1.82) is 0 Å². The summed E-state index contributed by atoms with van der Waals surface area (Å²) < 4.78 is 0. The van der Waals surface area contributed by atoms with Crippen LogP contribution in [0.2, 0.25) is 10.0 Å². The summed E-state index contributed by atoms with van der Waals surface area (Å²) >= 11 is 16.2. The van der Waals surface area contributed by atoms with Gasteiger partial charge in [0.05, 0.1) is 56.2 Å². The maximum Gasteiger partial charge on any atom is 0.270 e. The number of halogens is 3. The normalized spacial score (nSPS) is 15.0. The minimum atomic E-state index is -0.184. The first-order valence-corrected chi connectivity index (χ1v) is 22.8. The van der Waals surface area contributed by atoms with Crippen molar-refractivity contribution >= 4 is 90.5 Å². The summed E-state index contributed by atoms with van der Waals surface area (Å²) in [5.41, 5.74) is 8.96. The number of carbonyl (C=O) groups excluding carboxylic acids is 3. The Morgan fingerprint density at radius 1 is 0.762 bits per heavy atom. The lowest BCUT2D eigenvalue weighted by Crippen LogP contribution is -2.46. The first kappa shape index (κ1) is 47.2. The summed E-state index contributed by atoms with van der Waals surface area (Å²) in [6.45, 7) is 12.1. The van der Waals surface area contributed by atoms with Gasteiger partial charge in [-0.2, -0.15) is 0 Å². The Balaban J connectivity index is 0.000000173. The second kappa shape index (κ2) is 22.4. The number of carbonyl (C=O) groups is 3. The SMILES string of the molecule is CCC1=Nc2ccc(CN3CCN(c4ccc(C(=O)NC)nc4)CC3)c(Cl)c2CC1=O.CCc1nc2ccc(CBr)c(Cl)c2[nH]c1=O.CNC(=O)c1ccc(N2CCNCC2)cn1. The van der Waals surface area contributed by atoms with Gasteiger partial charge in [0, 0.05) is 90.3 Å². The van der Waals surface area contributed by atoms with Gasteiger partial charge in [-0.05, 0) is 60.4 Å². The summed E-state index contributed by atoms with van der Waals surface area (Å²) in [5, 5.41) is 10.3. The van der Waals surface area contributed by atoms with Gasteiger partial charge >= 0.3 is 0 Å². The van der Waals surface area contributed by atoms with Crippen LogP contribution in [-0.2, 0) is 29.5 Å². The fraction of sp³-hybridized carbons (Fsp3) is 0.378. The van der Waals surface area contributed by atoms with Crippen LogP contribution in [0.15, 0.2) is 70.7 Å². The number of nitrogens with zero attached hydrogens (tertiary/aromatic N) is 7. The highest BCUT2D eigenvalue weighted by Gasteiger charge is 2.25. The molecule has 0 radical (unpaired) electrons. The van der Waals surface area contributed by atoms with Gasteiger partial charge in [0.1, 0.15) is 17.1 Å². The highest BCUT2D eigenvalue weighted by molar-refractivity contribution is 9.08. The number of aryl methyl sites for hydroxylation is 1. The second-order valence-electron chi connectivity index (χ2n) is 14.9. The number of aromatic nitrogens is 4. The van der Waals surface area contributed by atoms with Crippen LogP contribution in [0.4, 0.5) is 17.1 Å². The van der Waals surface area contributed by atoms with Gasteiger partial charge in [0.2, 0.25) is 0 Å². The van der Waals surface area contributed by atoms with E-state index in [1.807, 2.05) is 50.2 Å². The van der Waals surface area contributed by atoms with E-state index < -0.39 is 0 Å². The van der Waals surface area contributed by atoms with Crippen molar-refractivity contribution in [2.75, 3.05) is 76.3 Å². The molecule has 0 bridgehead atoms. The Labute approximate surface area is 385 Å². The number of benzene rings is 2. The van der Waals surface area contributed by atoms with E-state index in [1.54, 1.807) is 38.6 Å². The molecule has 63 heavy (non-hydrogen) atoms. The third kappa shape index (κ3) is 11.7. The number of alkyl halides is 1. The van der Waals surface area contributed by atoms with Crippen molar-refractivity contribution in [3.8, 4) is 0 Å². The third-order valence-corrected chi connectivity index (χ3v) is 12.5. The number of nitrogens with one attached hydrogen (secondary N) is 4. The van der Waals surface area contributed by atoms with Gasteiger partial charge in [-0.15, -0.1) is 0 Å². The number of H-pyrrole nitrogens is 1. The monoisotopic (exact) mass is 959 g/mol. The number of ketones is 1. The number of piperazine rings is 2. The lowest BCUT2D eigenvalue weighted by atomic mass is 9.97. The zero-order valence-electron chi connectivity index (χ0n) is 35.9. The van der Waals surface area contributed by atoms with Gasteiger partial charge in [0.25, 0.3) is 17.4 Å². The first-order chi connectivity index (χ1) is 30.5. The van der Waals surface area contributed by atoms with Crippen LogP contribution in [-0.4, -0.2) is 115 Å². The Hall–Kier alpha value is -5.26. The molecule has 4 N–H and O–H groups in total. The number of anilines is 2. The number of hydrogen-bond donors (Lipinski definition) is 4. The molecule has 3 aliphatic rings. The fourth-order valence-corrected chi connectivity index (χ4v) is 8.53. The lowest BCUT2D eigenvalue weighted by molar-refractivity contribution is -0.112. The molecule has 8 rings (SSSR count). The van der Waals surface area contributed by atoms with E-state index in [0.29, 0.717) is 62.9 Å². The number of amides is 2. The Bertz CT molecular complexity index is 2510. The van der Waals surface area contributed by atoms with Crippen molar-refractivity contribution in [3.05, 3.63) is 115 Å². The largest absolute Gasteiger partial charge is 0.368 e. The highest BCUT2D eigenvalue weighted by atomic mass is 79.9. The van der Waals surface area contributed by atoms with Gasteiger partial charge in [-0.1, -0.05) is 65.1 Å². The molecular weight excluding hydrogens is 909 g/mol. The minimum Gasteiger partial charge on any atom is -0.368 e. The lowest BCUT2D eigenvalue weighted by Gasteiger charge is -2.36. The topological polar surface area (TPSA) is 181 Å². The van der Waals surface area contributed by atoms with Crippen molar-refractivity contribution in [2.24, 2.45) is 4.99 Å². The van der Waals surface area contributed by atoms with Crippen LogP contribution >= 0.6 is 39.1 Å². The van der Waals surface area contributed by atoms with E-state index in [4.69, 9.17) is 23.2 Å². The standard InChI is InChI=1S/C23H26ClN5O2.C11H10BrClN2O.C11H16N4O/c1-3-18-21(30)12-17-19(27-18)6-4-15(22(17)24)14-28-8-10-29(11-9-28)16-5-7-20(26-13-16)23(31)25-2;1-2-7-11(16)15-10-8(14-7)4-3-6(5-12)9(10)13;1-12-11(16)10-3-2-9(8-14-10)15-6-4-13-5-7-15/h4-7,13H,3,8-12,14H2,1-2H3,(H,25,31);3-4H,2,5H2,1H3,(H,15,16);2-3,8,13H,4-7H2,1H3,(H,12,16). The number of pyridine rings is 2. The molecule has 2 aromatic carbocycles. The molecule has 0 unspecified atom stereocenters. The van der Waals surface area contributed by atoms with E-state index in [1.165, 1.54) is 0 Å². The van der Waals surface area contributed by atoms with Crippen LogP contribution in [0, 0.1) is 0 Å². The molecule has 0 saturated carbocycles. The molecule has 0 aliphatic carbocycles. The maximum atomic E-state index is 12.3. The van der Waals surface area contributed by atoms with Crippen LogP contribution in [0.3, 0.4) is 0 Å². The molecule has 18 heteroatoms. The van der Waals surface area contributed by atoms with E-state index in [-0.39, 0.29) is 23.2 Å². The molecule has 3 aromatic heterocycles. The zero-order chi connectivity index (χ0) is 45.0. The second-order valence-corrected chi connectivity index (χ2v) is 16.3. The van der Waals surface area contributed by atoms with Gasteiger partial charge in [-0.3, -0.25) is 24.1 Å². The summed E-state index contributed by atoms with van der Waals surface area (Å²) in [5.74, 6) is -0.262. The molecule has 15 nitrogen and oxygen atoms in total. The van der Waals surface area contributed by atoms with E-state index in [2.05, 4.69) is 71.5 Å². The third-order valence-electron chi connectivity index (χ3n) is 11.0. The molecular formula is C45H52BrCl2N11O4. The van der Waals surface area contributed by atoms with Crippen molar-refractivity contribution in [2.45, 2.75) is 45.0 Å². The minimum absolute atomic E-state index is 0.0683. The number of aliphatic imine (C=N–C) groups is 1. The van der Waals surface area contributed by atoms with Gasteiger partial charge in [-0.25, -0.2) is 19.9 Å². The summed E-state index contributed by atoms with van der Waals surface area (Å²) in [4.78, 5) is 73.7. The summed E-state index contributed by atoms with van der Waals surface area (Å²) in [7, 11) is 3.20. The summed E-state index contributed by atoms with van der Waals surface area (Å²) in [6, 6.07) is 15.2. The quantitative estimate of drug-likeness (QED) is 0.129. The fourth-order valence-electron chi connectivity index (χ4n) is 7.35. The molecule has 2 fully saturated rings. The van der Waals surface area contributed by atoms with Gasteiger partial charge in [0.15, 0.2) is 5.78 Å². The molecule has 2 saturated heterocycles. The number of aromatic amines is 1. The smallest absolute Gasteiger partial charge is 0.270 e. The average molecular weight is 962 g/mol. The van der Waals surface area contributed by atoms with Crippen LogP contribution < -0.4 is 31.3 Å². The molecule has 6 heterocycles. The molecule has 0 spiro atoms. The molecule has 332 valence electrons. The van der Waals surface area contributed by atoms with E-state index in [0.717, 1.165) is 98.2 Å². The van der Waals surface area contributed by atoms with Crippen molar-refractivity contribution in [1.82, 2.24) is 40.8 Å². The maximum absolute atomic E-state index is 12.3. The number of rotatable bonds is 9. The zero-order valence-corrected chi connectivity index (χ0v) is 39.0. The number of fused-ring (bicyclic) bond motifs is 2. The first-order valence-electron chi connectivity index (χ1n) is 20.9. The Morgan fingerprint density at radius 3 is 1.90 bits per heavy atom. The van der Waals surface area contributed by atoms with Crippen molar-refractivity contribution in [3.63, 3.8) is 0 Å². The molecule has 3 aliphatic heterocycles. The van der Waals surface area contributed by atoms with E-state index in [9.17, 15) is 19.2 Å². The molecule has 0 atom stereocenters. The summed E-state index contributed by atoms with van der Waals surface area (Å²) in [6.07, 6.45) is 5.11. The number of Topliss-reactive ketones (excluding diaryl/α,β-unsaturated/α-hetero) is 1. The molecule has 2 amide bonds. The average Bonchev–Trinajstić information content (AvgIpc) is 3.33. The van der Waals surface area contributed by atoms with Crippen LogP contribution in [0.5, 0.6) is 0 Å².